The first-order chi connectivity index (χ1) is 14.6. The lowest BCUT2D eigenvalue weighted by Gasteiger charge is -2.32. The highest BCUT2D eigenvalue weighted by atomic mass is 16.5. The first kappa shape index (κ1) is 21.9. The summed E-state index contributed by atoms with van der Waals surface area (Å²) in [6.07, 6.45) is 4.12. The van der Waals surface area contributed by atoms with E-state index < -0.39 is 0 Å². The minimum Gasteiger partial charge on any atom is -0.494 e. The molecular formula is C25H32N2O3. The molecule has 0 spiro atoms. The van der Waals surface area contributed by atoms with Crippen molar-refractivity contribution < 1.29 is 14.3 Å². The van der Waals surface area contributed by atoms with E-state index in [0.717, 1.165) is 25.0 Å². The van der Waals surface area contributed by atoms with Crippen molar-refractivity contribution in [1.29, 1.82) is 0 Å². The van der Waals surface area contributed by atoms with Crippen LogP contribution in [0.2, 0.25) is 0 Å². The Hall–Kier alpha value is -2.82. The van der Waals surface area contributed by atoms with E-state index in [1.54, 1.807) is 0 Å². The van der Waals surface area contributed by atoms with E-state index in [-0.39, 0.29) is 17.9 Å². The molecule has 0 unspecified atom stereocenters. The Kier molecular flexibility index (Phi) is 8.30. The average Bonchev–Trinajstić information content (AvgIpc) is 2.76. The van der Waals surface area contributed by atoms with Crippen LogP contribution in [0.3, 0.4) is 0 Å². The van der Waals surface area contributed by atoms with E-state index in [1.165, 1.54) is 11.1 Å². The van der Waals surface area contributed by atoms with Gasteiger partial charge in [-0.3, -0.25) is 9.59 Å². The third-order valence-corrected chi connectivity index (χ3v) is 5.49. The van der Waals surface area contributed by atoms with Crippen molar-refractivity contribution in [2.24, 2.45) is 0 Å². The highest BCUT2D eigenvalue weighted by Crippen LogP contribution is 2.15. The molecule has 0 radical (unpaired) electrons. The topological polar surface area (TPSA) is 58.6 Å². The van der Waals surface area contributed by atoms with Gasteiger partial charge in [-0.25, -0.2) is 0 Å². The number of carbonyl (C=O) groups excluding carboxylic acids is 2. The predicted octanol–water partition coefficient (Wildman–Crippen LogP) is 3.89. The molecule has 1 fully saturated rings. The highest BCUT2D eigenvalue weighted by Gasteiger charge is 2.23. The second kappa shape index (κ2) is 11.4. The molecule has 5 nitrogen and oxygen atoms in total. The second-order valence-corrected chi connectivity index (χ2v) is 7.98. The fraction of sp³-hybridized carbons (Fsp3) is 0.440. The first-order valence-corrected chi connectivity index (χ1v) is 10.9. The summed E-state index contributed by atoms with van der Waals surface area (Å²) < 4.78 is 5.72. The number of benzene rings is 2. The smallest absolute Gasteiger partial charge is 0.222 e. The van der Waals surface area contributed by atoms with E-state index >= 15 is 0 Å². The molecule has 1 N–H and O–H groups in total. The van der Waals surface area contributed by atoms with E-state index in [0.29, 0.717) is 39.0 Å². The maximum absolute atomic E-state index is 12.4. The molecule has 0 aromatic heterocycles. The summed E-state index contributed by atoms with van der Waals surface area (Å²) in [4.78, 5) is 26.6. The van der Waals surface area contributed by atoms with Crippen LogP contribution in [0.5, 0.6) is 5.75 Å². The molecule has 1 aliphatic heterocycles. The lowest BCUT2D eigenvalue weighted by molar-refractivity contribution is -0.132. The Labute approximate surface area is 179 Å². The molecule has 0 atom stereocenters. The zero-order valence-corrected chi connectivity index (χ0v) is 17.8. The lowest BCUT2D eigenvalue weighted by Crippen LogP contribution is -2.46. The van der Waals surface area contributed by atoms with Gasteiger partial charge in [-0.15, -0.1) is 0 Å². The van der Waals surface area contributed by atoms with Crippen LogP contribution in [0.25, 0.3) is 0 Å². The minimum atomic E-state index is 0.0944. The van der Waals surface area contributed by atoms with Crippen molar-refractivity contribution in [3.05, 3.63) is 65.7 Å². The van der Waals surface area contributed by atoms with Crippen LogP contribution < -0.4 is 10.1 Å². The largest absolute Gasteiger partial charge is 0.494 e. The average molecular weight is 409 g/mol. The Morgan fingerprint density at radius 1 is 1.03 bits per heavy atom. The highest BCUT2D eigenvalue weighted by molar-refractivity contribution is 5.77. The van der Waals surface area contributed by atoms with Gasteiger partial charge in [-0.2, -0.15) is 0 Å². The van der Waals surface area contributed by atoms with Crippen LogP contribution >= 0.6 is 0 Å². The molecule has 2 aromatic carbocycles. The SMILES string of the molecule is Cc1cccc(OCCCC(=O)N2CCC(NC(=O)CCc3ccccc3)CC2)c1. The van der Waals surface area contributed by atoms with Crippen LogP contribution in [-0.4, -0.2) is 42.5 Å². The molecule has 2 amide bonds. The number of rotatable bonds is 9. The Bertz CT molecular complexity index is 814. The van der Waals surface area contributed by atoms with Gasteiger partial charge >= 0.3 is 0 Å². The van der Waals surface area contributed by atoms with Crippen molar-refractivity contribution in [1.82, 2.24) is 10.2 Å². The van der Waals surface area contributed by atoms with Crippen LogP contribution in [0, 0.1) is 6.92 Å². The van der Waals surface area contributed by atoms with Gasteiger partial charge in [0.1, 0.15) is 5.75 Å². The molecule has 160 valence electrons. The molecule has 0 saturated carbocycles. The van der Waals surface area contributed by atoms with Gasteiger partial charge in [-0.05, 0) is 55.9 Å². The molecule has 1 aliphatic rings. The maximum Gasteiger partial charge on any atom is 0.222 e. The number of ether oxygens (including phenoxy) is 1. The van der Waals surface area contributed by atoms with Gasteiger partial charge in [0.15, 0.2) is 0 Å². The summed E-state index contributed by atoms with van der Waals surface area (Å²) in [7, 11) is 0. The Morgan fingerprint density at radius 2 is 1.80 bits per heavy atom. The number of amides is 2. The predicted molar refractivity (Wildman–Crippen MR) is 118 cm³/mol. The van der Waals surface area contributed by atoms with Crippen LogP contribution in [-0.2, 0) is 16.0 Å². The molecule has 0 aliphatic carbocycles. The zero-order valence-electron chi connectivity index (χ0n) is 17.8. The van der Waals surface area contributed by atoms with Gasteiger partial charge in [0.2, 0.25) is 11.8 Å². The van der Waals surface area contributed by atoms with Crippen molar-refractivity contribution >= 4 is 11.8 Å². The van der Waals surface area contributed by atoms with Crippen molar-refractivity contribution in [3.8, 4) is 5.75 Å². The molecule has 3 rings (SSSR count). The molecule has 30 heavy (non-hydrogen) atoms. The standard InChI is InChI=1S/C25H32N2O3/c1-20-7-5-10-23(19-20)30-18-6-11-25(29)27-16-14-22(15-17-27)26-24(28)13-12-21-8-3-2-4-9-21/h2-5,7-10,19,22H,6,11-18H2,1H3,(H,26,28). The number of nitrogens with zero attached hydrogens (tertiary/aromatic N) is 1. The van der Waals surface area contributed by atoms with Gasteiger partial charge < -0.3 is 15.0 Å². The third kappa shape index (κ3) is 7.21. The number of carbonyl (C=O) groups is 2. The summed E-state index contributed by atoms with van der Waals surface area (Å²) in [5, 5.41) is 3.13. The Balaban J connectivity index is 1.28. The van der Waals surface area contributed by atoms with Crippen LogP contribution in [0.4, 0.5) is 0 Å². The summed E-state index contributed by atoms with van der Waals surface area (Å²) in [5.74, 6) is 1.12. The minimum absolute atomic E-state index is 0.0944. The van der Waals surface area contributed by atoms with Gasteiger partial charge in [0.05, 0.1) is 6.61 Å². The number of likely N-dealkylation sites (tertiary alicyclic amines) is 1. The van der Waals surface area contributed by atoms with Crippen molar-refractivity contribution in [2.75, 3.05) is 19.7 Å². The van der Waals surface area contributed by atoms with Crippen LogP contribution in [0.15, 0.2) is 54.6 Å². The summed E-state index contributed by atoms with van der Waals surface area (Å²) in [6, 6.07) is 18.2. The van der Waals surface area contributed by atoms with E-state index in [2.05, 4.69) is 5.32 Å². The van der Waals surface area contributed by atoms with Crippen LogP contribution in [0.1, 0.15) is 43.2 Å². The van der Waals surface area contributed by atoms with Crippen molar-refractivity contribution in [3.63, 3.8) is 0 Å². The normalized spacial score (nSPS) is 14.4. The number of piperidine rings is 1. The summed E-state index contributed by atoms with van der Waals surface area (Å²) in [5.41, 5.74) is 2.35. The molecular weight excluding hydrogens is 376 g/mol. The number of hydrogen-bond acceptors (Lipinski definition) is 3. The van der Waals surface area contributed by atoms with Gasteiger partial charge in [-0.1, -0.05) is 42.5 Å². The first-order valence-electron chi connectivity index (χ1n) is 10.9. The Morgan fingerprint density at radius 3 is 2.53 bits per heavy atom. The quantitative estimate of drug-likeness (QED) is 0.641. The fourth-order valence-corrected chi connectivity index (χ4v) is 3.75. The fourth-order valence-electron chi connectivity index (χ4n) is 3.75. The number of nitrogens with one attached hydrogen (secondary N) is 1. The lowest BCUT2D eigenvalue weighted by atomic mass is 10.0. The van der Waals surface area contributed by atoms with Gasteiger partial charge in [0, 0.05) is 32.0 Å². The summed E-state index contributed by atoms with van der Waals surface area (Å²) >= 11 is 0. The maximum atomic E-state index is 12.4. The molecule has 5 heteroatoms. The monoisotopic (exact) mass is 408 g/mol. The number of hydrogen-bond donors (Lipinski definition) is 1. The van der Waals surface area contributed by atoms with Crippen molar-refractivity contribution in [2.45, 2.75) is 51.5 Å². The van der Waals surface area contributed by atoms with E-state index in [9.17, 15) is 9.59 Å². The second-order valence-electron chi connectivity index (χ2n) is 7.98. The van der Waals surface area contributed by atoms with Gasteiger partial charge in [0.25, 0.3) is 0 Å². The number of aryl methyl sites for hydroxylation is 2. The van der Waals surface area contributed by atoms with E-state index in [4.69, 9.17) is 4.74 Å². The molecule has 1 heterocycles. The molecule has 2 aromatic rings. The molecule has 0 bridgehead atoms. The summed E-state index contributed by atoms with van der Waals surface area (Å²) in [6.45, 7) is 4.00. The zero-order chi connectivity index (χ0) is 21.2. The molecule has 1 saturated heterocycles. The van der Waals surface area contributed by atoms with E-state index in [1.807, 2.05) is 66.4 Å². The third-order valence-electron chi connectivity index (χ3n) is 5.49.